The van der Waals surface area contributed by atoms with E-state index >= 15 is 0 Å². The molecule has 5 rings (SSSR count). The summed E-state index contributed by atoms with van der Waals surface area (Å²) in [6, 6.07) is 23.3. The minimum Gasteiger partial charge on any atom is -0.483 e. The zero-order valence-corrected chi connectivity index (χ0v) is 31.6. The number of urea groups is 1. The molecule has 1 aliphatic heterocycles. The van der Waals surface area contributed by atoms with Gasteiger partial charge in [-0.05, 0) is 67.7 Å². The third-order valence-electron chi connectivity index (χ3n) is 9.91. The predicted octanol–water partition coefficient (Wildman–Crippen LogP) is 6.67. The molecule has 52 heavy (non-hydrogen) atoms. The Labute approximate surface area is 310 Å². The Balaban J connectivity index is 0.000000913. The Morgan fingerprint density at radius 2 is 1.35 bits per heavy atom. The highest BCUT2D eigenvalue weighted by molar-refractivity contribution is 5.87. The summed E-state index contributed by atoms with van der Waals surface area (Å²) in [5, 5.41) is 20.7. The lowest BCUT2D eigenvalue weighted by molar-refractivity contribution is -0.128. The number of ether oxygens (including phenoxy) is 1. The molecule has 0 aromatic heterocycles. The Morgan fingerprint density at radius 3 is 1.88 bits per heavy atom. The van der Waals surface area contributed by atoms with Gasteiger partial charge in [-0.25, -0.2) is 4.79 Å². The minimum absolute atomic E-state index is 0.117. The number of hydrogen-bond donors (Lipinski definition) is 4. The fourth-order valence-electron chi connectivity index (χ4n) is 7.18. The molecule has 9 nitrogen and oxygen atoms in total. The molecule has 4 atom stereocenters. The molecule has 0 unspecified atom stereocenters. The van der Waals surface area contributed by atoms with Gasteiger partial charge in [-0.15, -0.1) is 0 Å². The molecular weight excluding hydrogens is 652 g/mol. The second-order valence-corrected chi connectivity index (χ2v) is 14.7. The number of aliphatic hydroxyl groups excluding tert-OH is 1. The van der Waals surface area contributed by atoms with Crippen LogP contribution in [0.5, 0.6) is 5.75 Å². The number of aliphatic hydroxyl groups is 1. The Morgan fingerprint density at radius 1 is 0.788 bits per heavy atom. The lowest BCUT2D eigenvalue weighted by Gasteiger charge is -2.37. The molecule has 2 aliphatic rings. The van der Waals surface area contributed by atoms with E-state index in [0.29, 0.717) is 31.7 Å². The van der Waals surface area contributed by atoms with Gasteiger partial charge in [0.05, 0.1) is 12.1 Å². The molecule has 4 N–H and O–H groups in total. The van der Waals surface area contributed by atoms with Gasteiger partial charge in [-0.3, -0.25) is 9.59 Å². The third-order valence-corrected chi connectivity index (χ3v) is 9.91. The molecule has 3 aromatic carbocycles. The summed E-state index contributed by atoms with van der Waals surface area (Å²) in [4.78, 5) is 41.3. The van der Waals surface area contributed by atoms with Gasteiger partial charge in [0, 0.05) is 19.1 Å². The van der Waals surface area contributed by atoms with Crippen LogP contribution in [0.1, 0.15) is 87.5 Å². The normalized spacial score (nSPS) is 16.7. The molecular formula is C43H60N4O5. The van der Waals surface area contributed by atoms with E-state index in [-0.39, 0.29) is 36.8 Å². The standard InChI is InChI=1S/C37H48N4O5.C6H12/c1-25(2)34(41-20-12-19-38-37(41)45)36(44)39-30(21-28-15-7-5-8-16-28)23-32(42)31(22-29-17-9-6-10-18-29)40-33(43)24-46-35-26(3)13-11-14-27(35)4;1-2-4-6-5-3-1/h5-11,13-18,25,30-32,34,42H,12,19-24H2,1-4H3,(H,38,45)(H,39,44)(H,40,43);1-6H2/t30-,31-,32-,34-;/m0./s1. The van der Waals surface area contributed by atoms with E-state index in [0.717, 1.165) is 28.7 Å². The number of nitrogens with one attached hydrogen (secondary N) is 3. The largest absolute Gasteiger partial charge is 0.483 e. The summed E-state index contributed by atoms with van der Waals surface area (Å²) in [6.45, 7) is 8.63. The van der Waals surface area contributed by atoms with Gasteiger partial charge in [-0.2, -0.15) is 0 Å². The number of rotatable bonds is 15. The zero-order valence-electron chi connectivity index (χ0n) is 31.6. The monoisotopic (exact) mass is 712 g/mol. The van der Waals surface area contributed by atoms with Crippen molar-refractivity contribution in [2.24, 2.45) is 5.92 Å². The van der Waals surface area contributed by atoms with Crippen LogP contribution in [0.15, 0.2) is 78.9 Å². The first-order chi connectivity index (χ1) is 25.1. The average Bonchev–Trinajstić information content (AvgIpc) is 3.14. The van der Waals surface area contributed by atoms with E-state index in [1.54, 1.807) is 4.90 Å². The first-order valence-corrected chi connectivity index (χ1v) is 19.2. The zero-order chi connectivity index (χ0) is 37.3. The minimum atomic E-state index is -0.992. The molecule has 9 heteroatoms. The van der Waals surface area contributed by atoms with Gasteiger partial charge < -0.3 is 30.7 Å². The van der Waals surface area contributed by atoms with Crippen molar-refractivity contribution < 1.29 is 24.2 Å². The summed E-state index contributed by atoms with van der Waals surface area (Å²) < 4.78 is 5.90. The van der Waals surface area contributed by atoms with Crippen molar-refractivity contribution in [2.45, 2.75) is 116 Å². The molecule has 2 fully saturated rings. The van der Waals surface area contributed by atoms with Crippen molar-refractivity contribution in [1.82, 2.24) is 20.9 Å². The van der Waals surface area contributed by atoms with Crippen LogP contribution in [-0.2, 0) is 22.4 Å². The summed E-state index contributed by atoms with van der Waals surface area (Å²) in [7, 11) is 0. The first-order valence-electron chi connectivity index (χ1n) is 19.2. The van der Waals surface area contributed by atoms with Gasteiger partial charge in [0.25, 0.3) is 5.91 Å². The SMILES string of the molecule is C1CCCCC1.Cc1cccc(C)c1OCC(=O)N[C@@H](Cc1ccccc1)[C@@H](O)C[C@H](Cc1ccccc1)NC(=O)[C@H](C(C)C)N1CCCNC1=O. The van der Waals surface area contributed by atoms with Crippen molar-refractivity contribution in [2.75, 3.05) is 19.7 Å². The van der Waals surface area contributed by atoms with Gasteiger partial charge in [0.1, 0.15) is 11.8 Å². The first kappa shape index (κ1) is 40.4. The summed E-state index contributed by atoms with van der Waals surface area (Å²) in [6.07, 6.45) is 9.83. The smallest absolute Gasteiger partial charge is 0.318 e. The molecule has 1 aliphatic carbocycles. The van der Waals surface area contributed by atoms with Gasteiger partial charge in [0.15, 0.2) is 6.61 Å². The summed E-state index contributed by atoms with van der Waals surface area (Å²) >= 11 is 0. The van der Waals surface area contributed by atoms with Crippen molar-refractivity contribution in [3.05, 3.63) is 101 Å². The van der Waals surface area contributed by atoms with Crippen LogP contribution in [0, 0.1) is 19.8 Å². The van der Waals surface area contributed by atoms with E-state index in [2.05, 4.69) is 16.0 Å². The Bertz CT molecular complexity index is 1500. The maximum atomic E-state index is 13.8. The van der Waals surface area contributed by atoms with Gasteiger partial charge in [0.2, 0.25) is 5.91 Å². The molecule has 0 radical (unpaired) electrons. The maximum Gasteiger partial charge on any atom is 0.318 e. The molecule has 1 heterocycles. The van der Waals surface area contributed by atoms with E-state index in [9.17, 15) is 19.5 Å². The van der Waals surface area contributed by atoms with Crippen molar-refractivity contribution in [3.8, 4) is 5.75 Å². The van der Waals surface area contributed by atoms with E-state index in [1.807, 2.05) is 107 Å². The van der Waals surface area contributed by atoms with Gasteiger partial charge >= 0.3 is 6.03 Å². The van der Waals surface area contributed by atoms with Crippen molar-refractivity contribution >= 4 is 17.8 Å². The number of hydrogen-bond acceptors (Lipinski definition) is 5. The molecule has 1 saturated heterocycles. The molecule has 0 spiro atoms. The summed E-state index contributed by atoms with van der Waals surface area (Å²) in [5.41, 5.74) is 3.84. The summed E-state index contributed by atoms with van der Waals surface area (Å²) in [5.74, 6) is -0.0493. The van der Waals surface area contributed by atoms with Crippen LogP contribution in [0.3, 0.4) is 0 Å². The Kier molecular flexibility index (Phi) is 16.5. The lowest BCUT2D eigenvalue weighted by atomic mass is 9.92. The average molecular weight is 713 g/mol. The predicted molar refractivity (Wildman–Crippen MR) is 207 cm³/mol. The van der Waals surface area contributed by atoms with E-state index < -0.39 is 24.2 Å². The maximum absolute atomic E-state index is 13.8. The Hall–Kier alpha value is -4.37. The molecule has 282 valence electrons. The highest BCUT2D eigenvalue weighted by Gasteiger charge is 2.35. The second-order valence-electron chi connectivity index (χ2n) is 14.7. The highest BCUT2D eigenvalue weighted by Crippen LogP contribution is 2.23. The number of amides is 4. The van der Waals surface area contributed by atoms with Crippen LogP contribution in [-0.4, -0.2) is 71.8 Å². The number of para-hydroxylation sites is 1. The topological polar surface area (TPSA) is 120 Å². The number of benzene rings is 3. The fourth-order valence-corrected chi connectivity index (χ4v) is 7.18. The van der Waals surface area contributed by atoms with Crippen LogP contribution in [0.4, 0.5) is 4.79 Å². The fraction of sp³-hybridized carbons (Fsp3) is 0.512. The third kappa shape index (κ3) is 13.0. The molecule has 1 saturated carbocycles. The number of carbonyl (C=O) groups excluding carboxylic acids is 3. The second kappa shape index (κ2) is 21.2. The van der Waals surface area contributed by atoms with E-state index in [1.165, 1.54) is 38.5 Å². The molecule has 3 aromatic rings. The van der Waals surface area contributed by atoms with Crippen LogP contribution in [0.2, 0.25) is 0 Å². The van der Waals surface area contributed by atoms with Crippen molar-refractivity contribution in [3.63, 3.8) is 0 Å². The van der Waals surface area contributed by atoms with Crippen LogP contribution in [0.25, 0.3) is 0 Å². The number of carbonyl (C=O) groups is 3. The van der Waals surface area contributed by atoms with Crippen LogP contribution < -0.4 is 20.7 Å². The lowest BCUT2D eigenvalue weighted by Crippen LogP contribution is -2.59. The quantitative estimate of drug-likeness (QED) is 0.140. The van der Waals surface area contributed by atoms with E-state index in [4.69, 9.17) is 4.74 Å². The van der Waals surface area contributed by atoms with Gasteiger partial charge in [-0.1, -0.05) is 131 Å². The number of nitrogens with zero attached hydrogens (tertiary/aromatic N) is 1. The number of aryl methyl sites for hydroxylation is 2. The highest BCUT2D eigenvalue weighted by atomic mass is 16.5. The van der Waals surface area contributed by atoms with Crippen molar-refractivity contribution in [1.29, 1.82) is 0 Å². The molecule has 4 amide bonds. The van der Waals surface area contributed by atoms with Crippen LogP contribution >= 0.6 is 0 Å². The molecule has 0 bridgehead atoms.